The van der Waals surface area contributed by atoms with E-state index in [1.807, 2.05) is 0 Å². The van der Waals surface area contributed by atoms with Crippen LogP contribution in [0.15, 0.2) is 21.8 Å². The van der Waals surface area contributed by atoms with Crippen molar-refractivity contribution < 1.29 is 24.3 Å². The predicted molar refractivity (Wildman–Crippen MR) is 92.5 cm³/mol. The molecule has 3 aliphatic rings. The lowest BCUT2D eigenvalue weighted by Gasteiger charge is -2.48. The number of thiazole rings is 1. The predicted octanol–water partition coefficient (Wildman–Crippen LogP) is -0.497. The number of rotatable bonds is 3. The molecule has 0 bridgehead atoms. The number of nitrogens with two attached hydrogens (primary N) is 1. The summed E-state index contributed by atoms with van der Waals surface area (Å²) in [5.41, 5.74) is 6.36. The number of ether oxygens (including phenoxy) is 1. The SMILES string of the molecule is C[C@@H]1OC(=O)C2=C1CS[C@H]1[C@H](NC(=O)/C(=N/O)c3csc(N)n3)C(=O)N21. The van der Waals surface area contributed by atoms with Gasteiger partial charge >= 0.3 is 5.97 Å². The van der Waals surface area contributed by atoms with Gasteiger partial charge in [-0.3, -0.25) is 14.5 Å². The number of carbonyl (C=O) groups is 3. The smallest absolute Gasteiger partial charge is 0.355 e. The van der Waals surface area contributed by atoms with Crippen LogP contribution < -0.4 is 11.1 Å². The molecule has 3 aliphatic heterocycles. The van der Waals surface area contributed by atoms with Crippen LogP contribution in [0.3, 0.4) is 0 Å². The summed E-state index contributed by atoms with van der Waals surface area (Å²) in [4.78, 5) is 42.1. The highest BCUT2D eigenvalue weighted by Gasteiger charge is 2.56. The molecule has 2 amide bonds. The molecule has 0 radical (unpaired) electrons. The number of hydrogen-bond acceptors (Lipinski definition) is 10. The lowest BCUT2D eigenvalue weighted by atomic mass is 10.0. The maximum absolute atomic E-state index is 12.5. The number of hydrogen-bond donors (Lipinski definition) is 3. The van der Waals surface area contributed by atoms with Crippen molar-refractivity contribution in [2.24, 2.45) is 5.16 Å². The van der Waals surface area contributed by atoms with Crippen LogP contribution >= 0.6 is 23.1 Å². The molecule has 1 saturated heterocycles. The van der Waals surface area contributed by atoms with Crippen LogP contribution in [0.25, 0.3) is 0 Å². The number of nitrogen functional groups attached to an aromatic ring is 1. The van der Waals surface area contributed by atoms with Crippen LogP contribution in [0.5, 0.6) is 0 Å². The molecule has 3 atom stereocenters. The third-order valence-electron chi connectivity index (χ3n) is 4.33. The number of aromatic nitrogens is 1. The second kappa shape index (κ2) is 5.99. The maximum atomic E-state index is 12.5. The summed E-state index contributed by atoms with van der Waals surface area (Å²) in [6.45, 7) is 1.76. The average molecular weight is 395 g/mol. The van der Waals surface area contributed by atoms with Gasteiger partial charge in [0, 0.05) is 16.7 Å². The Hall–Kier alpha value is -2.60. The minimum Gasteiger partial charge on any atom is -0.453 e. The molecule has 0 unspecified atom stereocenters. The molecule has 0 aromatic carbocycles. The van der Waals surface area contributed by atoms with Crippen molar-refractivity contribution in [1.29, 1.82) is 0 Å². The van der Waals surface area contributed by atoms with E-state index in [2.05, 4.69) is 15.5 Å². The van der Waals surface area contributed by atoms with Gasteiger partial charge in [0.2, 0.25) is 0 Å². The molecule has 4 N–H and O–H groups in total. The summed E-state index contributed by atoms with van der Waals surface area (Å²) in [7, 11) is 0. The third-order valence-corrected chi connectivity index (χ3v) is 6.31. The van der Waals surface area contributed by atoms with Gasteiger partial charge in [0.25, 0.3) is 11.8 Å². The lowest BCUT2D eigenvalue weighted by molar-refractivity contribution is -0.151. The topological polar surface area (TPSA) is 147 Å². The average Bonchev–Trinajstić information content (AvgIpc) is 3.15. The standard InChI is InChI=1S/C14H13N5O5S2/c1-4-5-2-25-12-8(11(21)19(12)9(5)13(22)24-4)17-10(20)7(18-23)6-3-26-14(15)16-6/h3-4,8,12,23H,2H2,1H3,(H2,15,16)(H,17,20)/b18-7+/t4-,8+,12-/m0/s1. The highest BCUT2D eigenvalue weighted by Crippen LogP contribution is 2.44. The van der Waals surface area contributed by atoms with E-state index in [-0.39, 0.29) is 28.3 Å². The Balaban J connectivity index is 1.51. The number of thioether (sulfide) groups is 1. The number of esters is 1. The molecular formula is C14H13N5O5S2. The Kier molecular flexibility index (Phi) is 3.88. The van der Waals surface area contributed by atoms with E-state index < -0.39 is 29.2 Å². The van der Waals surface area contributed by atoms with Gasteiger partial charge in [-0.2, -0.15) is 0 Å². The van der Waals surface area contributed by atoms with E-state index in [4.69, 9.17) is 15.7 Å². The molecule has 1 aromatic heterocycles. The first-order valence-corrected chi connectivity index (χ1v) is 9.48. The molecule has 1 aromatic rings. The van der Waals surface area contributed by atoms with E-state index in [9.17, 15) is 14.4 Å². The zero-order valence-corrected chi connectivity index (χ0v) is 15.0. The van der Waals surface area contributed by atoms with E-state index in [0.717, 1.165) is 16.9 Å². The molecule has 1 fully saturated rings. The van der Waals surface area contributed by atoms with Crippen LogP contribution in [-0.4, -0.2) is 61.9 Å². The molecule has 10 nitrogen and oxygen atoms in total. The van der Waals surface area contributed by atoms with Gasteiger partial charge in [-0.25, -0.2) is 9.78 Å². The number of β-lactam (4-membered cyclic amide) rings is 1. The third kappa shape index (κ3) is 2.36. The quantitative estimate of drug-likeness (QED) is 0.204. The molecule has 0 spiro atoms. The highest BCUT2D eigenvalue weighted by atomic mass is 32.2. The summed E-state index contributed by atoms with van der Waals surface area (Å²) in [6.07, 6.45) is -0.351. The fourth-order valence-electron chi connectivity index (χ4n) is 3.05. The summed E-state index contributed by atoms with van der Waals surface area (Å²) >= 11 is 2.52. The van der Waals surface area contributed by atoms with E-state index in [1.165, 1.54) is 22.0 Å². The lowest BCUT2D eigenvalue weighted by Crippen LogP contribution is -2.70. The number of fused-ring (bicyclic) bond motifs is 2. The number of carbonyl (C=O) groups excluding carboxylic acids is 3. The Morgan fingerprint density at radius 2 is 2.31 bits per heavy atom. The molecule has 26 heavy (non-hydrogen) atoms. The number of nitrogens with one attached hydrogen (secondary N) is 1. The van der Waals surface area contributed by atoms with Crippen molar-refractivity contribution in [1.82, 2.24) is 15.2 Å². The van der Waals surface area contributed by atoms with Crippen LogP contribution in [0.4, 0.5) is 5.13 Å². The van der Waals surface area contributed by atoms with Gasteiger partial charge in [0.15, 0.2) is 10.8 Å². The minimum atomic E-state index is -0.835. The van der Waals surface area contributed by atoms with E-state index in [1.54, 1.807) is 6.92 Å². The molecule has 4 heterocycles. The summed E-state index contributed by atoms with van der Waals surface area (Å²) < 4.78 is 5.16. The van der Waals surface area contributed by atoms with Crippen LogP contribution in [-0.2, 0) is 19.1 Å². The summed E-state index contributed by atoms with van der Waals surface area (Å²) in [5.74, 6) is -1.15. The number of oxime groups is 1. The van der Waals surface area contributed by atoms with Gasteiger partial charge in [-0.1, -0.05) is 5.16 Å². The summed E-state index contributed by atoms with van der Waals surface area (Å²) in [6, 6.07) is -0.835. The molecular weight excluding hydrogens is 382 g/mol. The molecule has 0 saturated carbocycles. The van der Waals surface area contributed by atoms with Crippen molar-refractivity contribution in [3.63, 3.8) is 0 Å². The Morgan fingerprint density at radius 3 is 2.96 bits per heavy atom. The summed E-state index contributed by atoms with van der Waals surface area (Å²) in [5, 5.41) is 15.9. The van der Waals surface area contributed by atoms with E-state index in [0.29, 0.717) is 5.75 Å². The van der Waals surface area contributed by atoms with Crippen LogP contribution in [0.2, 0.25) is 0 Å². The van der Waals surface area contributed by atoms with Crippen molar-refractivity contribution >= 4 is 51.7 Å². The number of amides is 2. The van der Waals surface area contributed by atoms with Gasteiger partial charge < -0.3 is 21.0 Å². The first-order chi connectivity index (χ1) is 12.4. The fraction of sp³-hybridized carbons (Fsp3) is 0.357. The second-order valence-electron chi connectivity index (χ2n) is 5.80. The Morgan fingerprint density at radius 1 is 1.54 bits per heavy atom. The number of anilines is 1. The zero-order valence-electron chi connectivity index (χ0n) is 13.3. The first kappa shape index (κ1) is 16.8. The molecule has 12 heteroatoms. The number of nitrogens with zero attached hydrogens (tertiary/aromatic N) is 3. The van der Waals surface area contributed by atoms with Crippen LogP contribution in [0.1, 0.15) is 12.6 Å². The van der Waals surface area contributed by atoms with Crippen molar-refractivity contribution in [3.8, 4) is 0 Å². The molecule has 4 rings (SSSR count). The highest BCUT2D eigenvalue weighted by molar-refractivity contribution is 8.00. The molecule has 136 valence electrons. The number of cyclic esters (lactones) is 1. The van der Waals surface area contributed by atoms with Gasteiger partial charge in [0.05, 0.1) is 0 Å². The normalized spacial score (nSPS) is 27.7. The molecule has 0 aliphatic carbocycles. The monoisotopic (exact) mass is 395 g/mol. The van der Waals surface area contributed by atoms with Crippen LogP contribution in [0, 0.1) is 0 Å². The Labute approximate surface area is 155 Å². The first-order valence-electron chi connectivity index (χ1n) is 7.55. The Bertz CT molecular complexity index is 894. The van der Waals surface area contributed by atoms with E-state index >= 15 is 0 Å². The fourth-order valence-corrected chi connectivity index (χ4v) is 5.05. The van der Waals surface area contributed by atoms with Crippen molar-refractivity contribution in [2.75, 3.05) is 11.5 Å². The zero-order chi connectivity index (χ0) is 18.6. The second-order valence-corrected chi connectivity index (χ2v) is 7.80. The largest absolute Gasteiger partial charge is 0.453 e. The van der Waals surface area contributed by atoms with Gasteiger partial charge in [-0.15, -0.1) is 23.1 Å². The van der Waals surface area contributed by atoms with Crippen molar-refractivity contribution in [2.45, 2.75) is 24.4 Å². The van der Waals surface area contributed by atoms with Crippen molar-refractivity contribution in [3.05, 3.63) is 22.3 Å². The van der Waals surface area contributed by atoms with Gasteiger partial charge in [0.1, 0.15) is 28.9 Å². The minimum absolute atomic E-state index is 0.116. The maximum Gasteiger partial charge on any atom is 0.355 e. The van der Waals surface area contributed by atoms with Gasteiger partial charge in [-0.05, 0) is 6.92 Å².